The number of hydrogen-bond donors (Lipinski definition) is 1. The highest BCUT2D eigenvalue weighted by Crippen LogP contribution is 2.26. The van der Waals surface area contributed by atoms with Crippen LogP contribution in [0.5, 0.6) is 11.5 Å². The van der Waals surface area contributed by atoms with Crippen LogP contribution in [-0.2, 0) is 0 Å². The molecule has 0 bridgehead atoms. The van der Waals surface area contributed by atoms with Crippen molar-refractivity contribution in [2.24, 2.45) is 5.10 Å². The van der Waals surface area contributed by atoms with Gasteiger partial charge in [0.1, 0.15) is 18.1 Å². The van der Waals surface area contributed by atoms with Crippen LogP contribution in [0.4, 0.5) is 5.13 Å². The fourth-order valence-electron chi connectivity index (χ4n) is 2.10. The van der Waals surface area contributed by atoms with E-state index in [1.807, 2.05) is 66.9 Å². The van der Waals surface area contributed by atoms with E-state index in [1.54, 1.807) is 7.11 Å². The third-order valence-corrected chi connectivity index (χ3v) is 4.17. The first-order chi connectivity index (χ1) is 12.2. The largest absolute Gasteiger partial charge is 0.497 e. The number of ether oxygens (including phenoxy) is 2. The summed E-state index contributed by atoms with van der Waals surface area (Å²) in [7, 11) is 1.65. The molecule has 2 aromatic carbocycles. The third kappa shape index (κ3) is 4.81. The molecule has 0 aliphatic heterocycles. The average Bonchev–Trinajstić information content (AvgIpc) is 3.14. The van der Waals surface area contributed by atoms with Gasteiger partial charge in [-0.2, -0.15) is 5.10 Å². The van der Waals surface area contributed by atoms with Crippen molar-refractivity contribution < 1.29 is 9.47 Å². The van der Waals surface area contributed by atoms with E-state index in [4.69, 9.17) is 9.47 Å². The second kappa shape index (κ2) is 8.30. The number of anilines is 1. The second-order valence-corrected chi connectivity index (χ2v) is 6.19. The second-order valence-electron chi connectivity index (χ2n) is 5.33. The topological polar surface area (TPSA) is 55.7 Å². The van der Waals surface area contributed by atoms with Crippen LogP contribution in [0.2, 0.25) is 0 Å². The predicted octanol–water partition coefficient (Wildman–Crippen LogP) is 4.69. The lowest BCUT2D eigenvalue weighted by molar-refractivity contribution is 0.376. The molecule has 0 unspecified atom stereocenters. The van der Waals surface area contributed by atoms with Gasteiger partial charge in [-0.15, -0.1) is 11.3 Å². The standard InChI is InChI=1S/C19H19N3O2S/c1-14(12-24-17-6-4-3-5-7-17)21-22-19-20-18(13-25-19)15-8-10-16(23-2)11-9-15/h3-11,13H,12H2,1-2H3,(H,20,22)/b21-14+. The Morgan fingerprint density at radius 1 is 1.08 bits per heavy atom. The van der Waals surface area contributed by atoms with E-state index >= 15 is 0 Å². The summed E-state index contributed by atoms with van der Waals surface area (Å²) in [4.78, 5) is 4.54. The first-order valence-electron chi connectivity index (χ1n) is 7.81. The molecule has 0 atom stereocenters. The van der Waals surface area contributed by atoms with E-state index in [1.165, 1.54) is 11.3 Å². The van der Waals surface area contributed by atoms with Crippen LogP contribution in [-0.4, -0.2) is 24.4 Å². The number of methoxy groups -OCH3 is 1. The molecule has 0 radical (unpaired) electrons. The number of nitrogens with zero attached hydrogens (tertiary/aromatic N) is 2. The molecule has 0 spiro atoms. The smallest absolute Gasteiger partial charge is 0.203 e. The lowest BCUT2D eigenvalue weighted by Crippen LogP contribution is -2.09. The maximum atomic E-state index is 5.65. The maximum Gasteiger partial charge on any atom is 0.203 e. The van der Waals surface area contributed by atoms with E-state index in [0.29, 0.717) is 6.61 Å². The van der Waals surface area contributed by atoms with Gasteiger partial charge in [-0.3, -0.25) is 5.43 Å². The highest BCUT2D eigenvalue weighted by atomic mass is 32.1. The fraction of sp³-hybridized carbons (Fsp3) is 0.158. The van der Waals surface area contributed by atoms with Gasteiger partial charge >= 0.3 is 0 Å². The molecule has 0 amide bonds. The molecule has 0 saturated heterocycles. The molecule has 0 fully saturated rings. The average molecular weight is 353 g/mol. The lowest BCUT2D eigenvalue weighted by atomic mass is 10.2. The van der Waals surface area contributed by atoms with Crippen LogP contribution in [0.3, 0.4) is 0 Å². The number of nitrogens with one attached hydrogen (secondary N) is 1. The molecule has 5 nitrogen and oxygen atoms in total. The van der Waals surface area contributed by atoms with Gasteiger partial charge in [0, 0.05) is 10.9 Å². The molecule has 1 heterocycles. The van der Waals surface area contributed by atoms with E-state index in [9.17, 15) is 0 Å². The zero-order valence-electron chi connectivity index (χ0n) is 14.1. The molecule has 0 aliphatic carbocycles. The Labute approximate surface area is 151 Å². The first kappa shape index (κ1) is 17.0. The first-order valence-corrected chi connectivity index (χ1v) is 8.69. The number of hydrazone groups is 1. The molecule has 1 N–H and O–H groups in total. The van der Waals surface area contributed by atoms with E-state index < -0.39 is 0 Å². The van der Waals surface area contributed by atoms with Gasteiger partial charge in [0.05, 0.1) is 18.5 Å². The summed E-state index contributed by atoms with van der Waals surface area (Å²) in [5, 5.41) is 7.05. The minimum atomic E-state index is 0.424. The molecule has 0 saturated carbocycles. The summed E-state index contributed by atoms with van der Waals surface area (Å²) >= 11 is 1.51. The Morgan fingerprint density at radius 2 is 1.84 bits per heavy atom. The normalized spacial score (nSPS) is 11.2. The summed E-state index contributed by atoms with van der Waals surface area (Å²) in [6.45, 7) is 2.33. The van der Waals surface area contributed by atoms with Crippen LogP contribution in [0.15, 0.2) is 65.1 Å². The van der Waals surface area contributed by atoms with Crippen molar-refractivity contribution in [1.82, 2.24) is 4.98 Å². The minimum absolute atomic E-state index is 0.424. The van der Waals surface area contributed by atoms with Gasteiger partial charge in [-0.1, -0.05) is 18.2 Å². The summed E-state index contributed by atoms with van der Waals surface area (Å²) in [6, 6.07) is 17.5. The molecule has 128 valence electrons. The van der Waals surface area contributed by atoms with E-state index in [-0.39, 0.29) is 0 Å². The van der Waals surface area contributed by atoms with Crippen LogP contribution in [0.25, 0.3) is 11.3 Å². The van der Waals surface area contributed by atoms with Crippen LogP contribution < -0.4 is 14.9 Å². The van der Waals surface area contributed by atoms with Crippen molar-refractivity contribution in [3.05, 3.63) is 60.0 Å². The zero-order valence-corrected chi connectivity index (χ0v) is 14.9. The van der Waals surface area contributed by atoms with Gasteiger partial charge in [0.25, 0.3) is 0 Å². The van der Waals surface area contributed by atoms with Crippen molar-refractivity contribution in [3.8, 4) is 22.8 Å². The van der Waals surface area contributed by atoms with Crippen molar-refractivity contribution in [3.63, 3.8) is 0 Å². The fourth-order valence-corrected chi connectivity index (χ4v) is 2.76. The Bertz CT molecular complexity index is 829. The van der Waals surface area contributed by atoms with Gasteiger partial charge in [-0.05, 0) is 43.3 Å². The van der Waals surface area contributed by atoms with Gasteiger partial charge < -0.3 is 9.47 Å². The van der Waals surface area contributed by atoms with Crippen molar-refractivity contribution in [1.29, 1.82) is 0 Å². The Kier molecular flexibility index (Phi) is 5.64. The molecular weight excluding hydrogens is 334 g/mol. The molecule has 3 rings (SSSR count). The summed E-state index contributed by atoms with van der Waals surface area (Å²) < 4.78 is 10.8. The highest BCUT2D eigenvalue weighted by Gasteiger charge is 2.04. The molecule has 3 aromatic rings. The summed E-state index contributed by atoms with van der Waals surface area (Å²) in [5.41, 5.74) is 5.77. The Hall–Kier alpha value is -2.86. The molecule has 0 aliphatic rings. The third-order valence-electron chi connectivity index (χ3n) is 3.42. The maximum absolute atomic E-state index is 5.65. The predicted molar refractivity (Wildman–Crippen MR) is 103 cm³/mol. The van der Waals surface area contributed by atoms with Crippen LogP contribution in [0.1, 0.15) is 6.92 Å². The van der Waals surface area contributed by atoms with E-state index in [2.05, 4.69) is 15.5 Å². The zero-order chi connectivity index (χ0) is 17.5. The number of thiazole rings is 1. The Morgan fingerprint density at radius 3 is 2.56 bits per heavy atom. The molecule has 1 aromatic heterocycles. The lowest BCUT2D eigenvalue weighted by Gasteiger charge is -2.05. The summed E-state index contributed by atoms with van der Waals surface area (Å²) in [6.07, 6.45) is 0. The minimum Gasteiger partial charge on any atom is -0.497 e. The van der Waals surface area contributed by atoms with Crippen molar-refractivity contribution in [2.45, 2.75) is 6.92 Å². The van der Waals surface area contributed by atoms with Gasteiger partial charge in [-0.25, -0.2) is 4.98 Å². The van der Waals surface area contributed by atoms with E-state index in [0.717, 1.165) is 33.6 Å². The van der Waals surface area contributed by atoms with Crippen LogP contribution in [0, 0.1) is 0 Å². The number of benzene rings is 2. The SMILES string of the molecule is COc1ccc(-c2csc(N/N=C(\C)COc3ccccc3)n2)cc1. The summed E-state index contributed by atoms with van der Waals surface area (Å²) in [5.74, 6) is 1.66. The molecule has 6 heteroatoms. The number of rotatable bonds is 7. The quantitative estimate of drug-likeness (QED) is 0.495. The van der Waals surface area contributed by atoms with Gasteiger partial charge in [0.15, 0.2) is 0 Å². The van der Waals surface area contributed by atoms with Crippen molar-refractivity contribution >= 4 is 22.2 Å². The number of para-hydroxylation sites is 1. The number of aromatic nitrogens is 1. The monoisotopic (exact) mass is 353 g/mol. The molecule has 25 heavy (non-hydrogen) atoms. The van der Waals surface area contributed by atoms with Gasteiger partial charge in [0.2, 0.25) is 5.13 Å². The van der Waals surface area contributed by atoms with Crippen LogP contribution >= 0.6 is 11.3 Å². The number of hydrogen-bond acceptors (Lipinski definition) is 6. The Balaban J connectivity index is 1.57. The van der Waals surface area contributed by atoms with Crippen molar-refractivity contribution in [2.75, 3.05) is 19.1 Å². The molecular formula is C19H19N3O2S. The highest BCUT2D eigenvalue weighted by molar-refractivity contribution is 7.14.